The van der Waals surface area contributed by atoms with Gasteiger partial charge in [-0.3, -0.25) is 9.69 Å². The van der Waals surface area contributed by atoms with E-state index in [9.17, 15) is 4.79 Å². The van der Waals surface area contributed by atoms with E-state index in [4.69, 9.17) is 4.52 Å². The summed E-state index contributed by atoms with van der Waals surface area (Å²) in [5, 5.41) is 4.09. The fourth-order valence-electron chi connectivity index (χ4n) is 3.29. The van der Waals surface area contributed by atoms with Crippen molar-refractivity contribution < 1.29 is 9.32 Å². The Morgan fingerprint density at radius 2 is 1.76 bits per heavy atom. The molecule has 0 bridgehead atoms. The molecule has 1 saturated heterocycles. The van der Waals surface area contributed by atoms with Crippen LogP contribution in [-0.4, -0.2) is 52.0 Å². The van der Waals surface area contributed by atoms with Crippen molar-refractivity contribution in [3.63, 3.8) is 0 Å². The molecule has 0 unspecified atom stereocenters. The zero-order valence-corrected chi connectivity index (χ0v) is 16.5. The van der Waals surface area contributed by atoms with Gasteiger partial charge in [0.2, 0.25) is 17.6 Å². The summed E-state index contributed by atoms with van der Waals surface area (Å²) in [5.41, 5.74) is 3.18. The SMILES string of the molecule is Cc1ccc(-c2noc(CN3CCN(C(=O)C=Cc4ccccc4)CC3)n2)cc1. The Labute approximate surface area is 170 Å². The van der Waals surface area contributed by atoms with Crippen molar-refractivity contribution in [3.05, 3.63) is 77.7 Å². The van der Waals surface area contributed by atoms with Gasteiger partial charge in [0.05, 0.1) is 6.54 Å². The van der Waals surface area contributed by atoms with E-state index in [0.717, 1.165) is 24.2 Å². The van der Waals surface area contributed by atoms with Gasteiger partial charge >= 0.3 is 0 Å². The van der Waals surface area contributed by atoms with Crippen molar-refractivity contribution >= 4 is 12.0 Å². The predicted octanol–water partition coefficient (Wildman–Crippen LogP) is 3.40. The molecule has 148 valence electrons. The fraction of sp³-hybridized carbons (Fsp3) is 0.261. The molecule has 6 nitrogen and oxygen atoms in total. The van der Waals surface area contributed by atoms with Crippen LogP contribution in [0.4, 0.5) is 0 Å². The van der Waals surface area contributed by atoms with Crippen LogP contribution in [0.25, 0.3) is 17.5 Å². The highest BCUT2D eigenvalue weighted by molar-refractivity contribution is 5.91. The van der Waals surface area contributed by atoms with E-state index in [0.29, 0.717) is 31.3 Å². The molecule has 1 aliphatic rings. The third-order valence-corrected chi connectivity index (χ3v) is 5.04. The molecular formula is C23H24N4O2. The first-order chi connectivity index (χ1) is 14.2. The number of carbonyl (C=O) groups is 1. The number of aryl methyl sites for hydroxylation is 1. The number of nitrogens with zero attached hydrogens (tertiary/aromatic N) is 4. The highest BCUT2D eigenvalue weighted by atomic mass is 16.5. The Kier molecular flexibility index (Phi) is 5.81. The predicted molar refractivity (Wildman–Crippen MR) is 112 cm³/mol. The van der Waals surface area contributed by atoms with Crippen molar-refractivity contribution in [1.82, 2.24) is 19.9 Å². The Hall–Kier alpha value is -3.25. The summed E-state index contributed by atoms with van der Waals surface area (Å²) in [6.07, 6.45) is 3.51. The van der Waals surface area contributed by atoms with Crippen LogP contribution < -0.4 is 0 Å². The minimum atomic E-state index is 0.0490. The van der Waals surface area contributed by atoms with Crippen LogP contribution >= 0.6 is 0 Å². The zero-order chi connectivity index (χ0) is 20.1. The van der Waals surface area contributed by atoms with Crippen LogP contribution in [0.5, 0.6) is 0 Å². The lowest BCUT2D eigenvalue weighted by Crippen LogP contribution is -2.47. The second-order valence-corrected chi connectivity index (χ2v) is 7.22. The average molecular weight is 388 g/mol. The standard InChI is InChI=1S/C23H24N4O2/c1-18-7-10-20(11-8-18)23-24-21(29-25-23)17-26-13-15-27(16-14-26)22(28)12-9-19-5-3-2-4-6-19/h2-12H,13-17H2,1H3. The van der Waals surface area contributed by atoms with Gasteiger partial charge in [0.15, 0.2) is 0 Å². The lowest BCUT2D eigenvalue weighted by atomic mass is 10.1. The fourth-order valence-corrected chi connectivity index (χ4v) is 3.29. The third kappa shape index (κ3) is 4.97. The Morgan fingerprint density at radius 1 is 1.03 bits per heavy atom. The first kappa shape index (κ1) is 19.1. The highest BCUT2D eigenvalue weighted by Crippen LogP contribution is 2.17. The molecule has 0 radical (unpaired) electrons. The van der Waals surface area contributed by atoms with Crippen LogP contribution in [0.3, 0.4) is 0 Å². The first-order valence-electron chi connectivity index (χ1n) is 9.81. The summed E-state index contributed by atoms with van der Waals surface area (Å²) in [6, 6.07) is 17.9. The molecule has 1 amide bonds. The van der Waals surface area contributed by atoms with Gasteiger partial charge in [-0.1, -0.05) is 65.3 Å². The second kappa shape index (κ2) is 8.84. The molecule has 2 aromatic carbocycles. The van der Waals surface area contributed by atoms with Crippen LogP contribution in [0.15, 0.2) is 65.2 Å². The van der Waals surface area contributed by atoms with Gasteiger partial charge in [-0.25, -0.2) is 0 Å². The number of benzene rings is 2. The Bertz CT molecular complexity index is 972. The maximum atomic E-state index is 12.4. The number of hydrogen-bond acceptors (Lipinski definition) is 5. The van der Waals surface area contributed by atoms with E-state index in [2.05, 4.69) is 15.0 Å². The summed E-state index contributed by atoms with van der Waals surface area (Å²) < 4.78 is 5.42. The largest absolute Gasteiger partial charge is 0.338 e. The molecular weight excluding hydrogens is 364 g/mol. The minimum Gasteiger partial charge on any atom is -0.338 e. The van der Waals surface area contributed by atoms with Crippen molar-refractivity contribution in [1.29, 1.82) is 0 Å². The number of amides is 1. The Morgan fingerprint density at radius 3 is 2.48 bits per heavy atom. The van der Waals surface area contributed by atoms with E-state index in [-0.39, 0.29) is 5.91 Å². The van der Waals surface area contributed by atoms with E-state index in [1.54, 1.807) is 6.08 Å². The number of piperazine rings is 1. The molecule has 4 rings (SSSR count). The van der Waals surface area contributed by atoms with Crippen LogP contribution in [-0.2, 0) is 11.3 Å². The number of rotatable bonds is 5. The molecule has 1 fully saturated rings. The molecule has 0 spiro atoms. The summed E-state index contributed by atoms with van der Waals surface area (Å²) in [7, 11) is 0. The van der Waals surface area contributed by atoms with Crippen molar-refractivity contribution in [2.75, 3.05) is 26.2 Å². The van der Waals surface area contributed by atoms with E-state index < -0.39 is 0 Å². The summed E-state index contributed by atoms with van der Waals surface area (Å²) in [6.45, 7) is 5.60. The molecule has 0 atom stereocenters. The third-order valence-electron chi connectivity index (χ3n) is 5.04. The number of aromatic nitrogens is 2. The summed E-state index contributed by atoms with van der Waals surface area (Å²) >= 11 is 0. The number of carbonyl (C=O) groups excluding carboxylic acids is 1. The van der Waals surface area contributed by atoms with Gasteiger partial charge in [-0.2, -0.15) is 4.98 Å². The molecule has 1 aromatic heterocycles. The van der Waals surface area contributed by atoms with Gasteiger partial charge in [0, 0.05) is 37.8 Å². The van der Waals surface area contributed by atoms with Crippen LogP contribution in [0.2, 0.25) is 0 Å². The van der Waals surface area contributed by atoms with E-state index in [1.807, 2.05) is 72.5 Å². The van der Waals surface area contributed by atoms with E-state index in [1.165, 1.54) is 5.56 Å². The normalized spacial score (nSPS) is 15.1. The van der Waals surface area contributed by atoms with Crippen molar-refractivity contribution in [3.8, 4) is 11.4 Å². The number of hydrogen-bond donors (Lipinski definition) is 0. The topological polar surface area (TPSA) is 62.5 Å². The highest BCUT2D eigenvalue weighted by Gasteiger charge is 2.21. The van der Waals surface area contributed by atoms with Crippen molar-refractivity contribution in [2.45, 2.75) is 13.5 Å². The molecule has 0 saturated carbocycles. The van der Waals surface area contributed by atoms with Gasteiger partial charge in [0.1, 0.15) is 0 Å². The molecule has 0 N–H and O–H groups in total. The maximum Gasteiger partial charge on any atom is 0.246 e. The second-order valence-electron chi connectivity index (χ2n) is 7.22. The maximum absolute atomic E-state index is 12.4. The van der Waals surface area contributed by atoms with Gasteiger partial charge in [0.25, 0.3) is 0 Å². The van der Waals surface area contributed by atoms with E-state index >= 15 is 0 Å². The Balaban J connectivity index is 1.28. The minimum absolute atomic E-state index is 0.0490. The summed E-state index contributed by atoms with van der Waals surface area (Å²) in [5.74, 6) is 1.26. The lowest BCUT2D eigenvalue weighted by molar-refractivity contribution is -0.127. The zero-order valence-electron chi connectivity index (χ0n) is 16.5. The van der Waals surface area contributed by atoms with Gasteiger partial charge in [-0.15, -0.1) is 0 Å². The average Bonchev–Trinajstić information content (AvgIpc) is 3.22. The molecule has 2 heterocycles. The summed E-state index contributed by atoms with van der Waals surface area (Å²) in [4.78, 5) is 21.0. The quantitative estimate of drug-likeness (QED) is 0.627. The van der Waals surface area contributed by atoms with Crippen molar-refractivity contribution in [2.24, 2.45) is 0 Å². The lowest BCUT2D eigenvalue weighted by Gasteiger charge is -2.33. The monoisotopic (exact) mass is 388 g/mol. The molecule has 29 heavy (non-hydrogen) atoms. The molecule has 1 aliphatic heterocycles. The molecule has 0 aliphatic carbocycles. The van der Waals surface area contributed by atoms with Gasteiger partial charge < -0.3 is 9.42 Å². The smallest absolute Gasteiger partial charge is 0.246 e. The van der Waals surface area contributed by atoms with Gasteiger partial charge in [-0.05, 0) is 18.6 Å². The van der Waals surface area contributed by atoms with Crippen LogP contribution in [0.1, 0.15) is 17.0 Å². The molecule has 3 aromatic rings. The van der Waals surface area contributed by atoms with Crippen LogP contribution in [0, 0.1) is 6.92 Å². The first-order valence-corrected chi connectivity index (χ1v) is 9.81. The molecule has 6 heteroatoms.